The number of benzene rings is 2. The molecule has 1 amide bonds. The molecular formula is C17H18ClNO4S. The third kappa shape index (κ3) is 6.95. The van der Waals surface area contributed by atoms with Crippen LogP contribution < -0.4 is 5.73 Å². The van der Waals surface area contributed by atoms with E-state index in [-0.39, 0.29) is 5.91 Å². The van der Waals surface area contributed by atoms with Crippen molar-refractivity contribution in [1.82, 2.24) is 0 Å². The van der Waals surface area contributed by atoms with Gasteiger partial charge in [0.15, 0.2) is 0 Å². The van der Waals surface area contributed by atoms with Crippen LogP contribution in [0.2, 0.25) is 5.02 Å². The Kier molecular flexibility index (Phi) is 7.16. The van der Waals surface area contributed by atoms with Crippen LogP contribution in [0.3, 0.4) is 0 Å². The summed E-state index contributed by atoms with van der Waals surface area (Å²) in [5, 5.41) is 1.12. The lowest BCUT2D eigenvalue weighted by molar-refractivity contribution is 0.0999. The van der Waals surface area contributed by atoms with Crippen LogP contribution >= 0.6 is 11.6 Å². The summed E-state index contributed by atoms with van der Waals surface area (Å²) < 4.78 is 29.1. The maximum atomic E-state index is 10.8. The van der Waals surface area contributed by atoms with Crippen molar-refractivity contribution in [2.24, 2.45) is 5.73 Å². The van der Waals surface area contributed by atoms with Gasteiger partial charge >= 0.3 is 0 Å². The molecule has 0 aliphatic rings. The van der Waals surface area contributed by atoms with Crippen molar-refractivity contribution >= 4 is 33.7 Å². The molecule has 0 spiro atoms. The average Bonchev–Trinajstić information content (AvgIpc) is 2.45. The first kappa shape index (κ1) is 19.9. The number of carbonyl (C=O) groups is 1. The molecule has 0 saturated carbocycles. The van der Waals surface area contributed by atoms with Gasteiger partial charge in [-0.25, -0.2) is 0 Å². The molecule has 2 aromatic carbocycles. The Labute approximate surface area is 146 Å². The molecule has 0 radical (unpaired) electrons. The summed E-state index contributed by atoms with van der Waals surface area (Å²) in [6.07, 6.45) is 1.23. The van der Waals surface area contributed by atoms with Crippen molar-refractivity contribution in [2.45, 2.75) is 13.8 Å². The van der Waals surface area contributed by atoms with Gasteiger partial charge in [-0.2, -0.15) is 8.42 Å². The number of primary amides is 1. The molecule has 24 heavy (non-hydrogen) atoms. The van der Waals surface area contributed by atoms with E-state index in [0.717, 1.165) is 11.1 Å². The second-order valence-corrected chi connectivity index (χ2v) is 6.73. The first-order chi connectivity index (χ1) is 11.1. The van der Waals surface area contributed by atoms with Gasteiger partial charge in [-0.3, -0.25) is 9.35 Å². The molecule has 2 rings (SSSR count). The Morgan fingerprint density at radius 2 is 1.79 bits per heavy atom. The highest BCUT2D eigenvalue weighted by molar-refractivity contribution is 7.88. The van der Waals surface area contributed by atoms with Gasteiger partial charge in [0.05, 0.1) is 5.41 Å². The minimum absolute atomic E-state index is 0.359. The molecule has 0 aliphatic heterocycles. The van der Waals surface area contributed by atoms with Gasteiger partial charge in [0, 0.05) is 10.6 Å². The van der Waals surface area contributed by atoms with Crippen LogP contribution in [0.4, 0.5) is 0 Å². The van der Waals surface area contributed by atoms with E-state index in [4.69, 9.17) is 21.9 Å². The predicted molar refractivity (Wildman–Crippen MR) is 96.5 cm³/mol. The quantitative estimate of drug-likeness (QED) is 0.810. The molecule has 3 N–H and O–H groups in total. The smallest absolute Gasteiger partial charge is 0.287 e. The molecule has 0 atom stereocenters. The molecular weight excluding hydrogens is 350 g/mol. The van der Waals surface area contributed by atoms with E-state index < -0.39 is 10.1 Å². The number of carbonyl (C=O) groups excluding carboxylic acids is 1. The van der Waals surface area contributed by atoms with Crippen molar-refractivity contribution in [2.75, 3.05) is 0 Å². The second-order valence-electron chi connectivity index (χ2n) is 5.02. The lowest BCUT2D eigenvalue weighted by Crippen LogP contribution is -2.12. The maximum Gasteiger partial charge on any atom is 0.287 e. The second kappa shape index (κ2) is 8.63. The number of halogens is 1. The Morgan fingerprint density at radius 1 is 1.17 bits per heavy atom. The van der Waals surface area contributed by atoms with Gasteiger partial charge in [0.25, 0.3) is 10.1 Å². The summed E-state index contributed by atoms with van der Waals surface area (Å²) >= 11 is 5.73. The summed E-state index contributed by atoms with van der Waals surface area (Å²) in [6.45, 7) is 3.87. The van der Waals surface area contributed by atoms with Gasteiger partial charge in [0.2, 0.25) is 5.91 Å². The molecule has 2 aromatic rings. The number of hydrogen-bond acceptors (Lipinski definition) is 3. The fourth-order valence-corrected chi connectivity index (χ4v) is 2.38. The number of aryl methyl sites for hydroxylation is 2. The first-order valence-electron chi connectivity index (χ1n) is 6.87. The van der Waals surface area contributed by atoms with E-state index >= 15 is 0 Å². The molecule has 5 nitrogen and oxygen atoms in total. The van der Waals surface area contributed by atoms with Crippen LogP contribution in [0.25, 0.3) is 6.08 Å². The zero-order valence-corrected chi connectivity index (χ0v) is 14.8. The molecule has 0 saturated heterocycles. The standard InChI is InChI=1S/C9H11NO.C8H7ClO3S/c1-6-3-4-8(9(10)11)7(2)5-6;9-8-4-2-1-3-7(8)5-6-13(10,11)12/h3-5H,1-2H3,(H2,10,11);1-6H,(H,10,11,12). The lowest BCUT2D eigenvalue weighted by atomic mass is 10.1. The minimum atomic E-state index is -4.08. The van der Waals surface area contributed by atoms with Gasteiger partial charge in [-0.05, 0) is 43.2 Å². The highest BCUT2D eigenvalue weighted by atomic mass is 35.5. The van der Waals surface area contributed by atoms with Crippen LogP contribution in [0.1, 0.15) is 27.0 Å². The molecule has 0 bridgehead atoms. The van der Waals surface area contributed by atoms with E-state index in [0.29, 0.717) is 21.6 Å². The van der Waals surface area contributed by atoms with E-state index in [1.54, 1.807) is 30.3 Å². The fourth-order valence-electron chi connectivity index (χ4n) is 1.86. The monoisotopic (exact) mass is 367 g/mol. The zero-order chi connectivity index (χ0) is 18.3. The summed E-state index contributed by atoms with van der Waals surface area (Å²) in [4.78, 5) is 10.8. The largest absolute Gasteiger partial charge is 0.366 e. The summed E-state index contributed by atoms with van der Waals surface area (Å²) in [5.41, 5.74) is 8.36. The summed E-state index contributed by atoms with van der Waals surface area (Å²) in [7, 11) is -4.08. The van der Waals surface area contributed by atoms with Crippen LogP contribution in [0, 0.1) is 13.8 Å². The SMILES string of the molecule is Cc1ccc(C(N)=O)c(C)c1.O=S(=O)(O)C=Cc1ccccc1Cl. The third-order valence-corrected chi connectivity index (χ3v) is 3.80. The Morgan fingerprint density at radius 3 is 2.29 bits per heavy atom. The number of nitrogens with two attached hydrogens (primary N) is 1. The minimum Gasteiger partial charge on any atom is -0.366 e. The molecule has 0 aliphatic carbocycles. The maximum absolute atomic E-state index is 10.8. The Balaban J connectivity index is 0.000000243. The van der Waals surface area contributed by atoms with Crippen LogP contribution in [-0.4, -0.2) is 18.9 Å². The van der Waals surface area contributed by atoms with Gasteiger partial charge in [-0.15, -0.1) is 0 Å². The molecule has 0 unspecified atom stereocenters. The Hall–Kier alpha value is -2.15. The van der Waals surface area contributed by atoms with Crippen LogP contribution in [0.5, 0.6) is 0 Å². The van der Waals surface area contributed by atoms with Crippen molar-refractivity contribution in [3.63, 3.8) is 0 Å². The molecule has 128 valence electrons. The van der Waals surface area contributed by atoms with Crippen LogP contribution in [0.15, 0.2) is 47.9 Å². The highest BCUT2D eigenvalue weighted by Crippen LogP contribution is 2.16. The van der Waals surface area contributed by atoms with E-state index in [9.17, 15) is 13.2 Å². The van der Waals surface area contributed by atoms with Crippen molar-refractivity contribution < 1.29 is 17.8 Å². The predicted octanol–water partition coefficient (Wildman–Crippen LogP) is 3.60. The van der Waals surface area contributed by atoms with Crippen molar-refractivity contribution in [1.29, 1.82) is 0 Å². The van der Waals surface area contributed by atoms with Gasteiger partial charge < -0.3 is 5.73 Å². The molecule has 0 aromatic heterocycles. The molecule has 0 fully saturated rings. The molecule has 0 heterocycles. The summed E-state index contributed by atoms with van der Waals surface area (Å²) in [6, 6.07) is 12.3. The highest BCUT2D eigenvalue weighted by Gasteiger charge is 2.02. The normalized spacial score (nSPS) is 11.0. The van der Waals surface area contributed by atoms with Crippen LogP contribution in [-0.2, 0) is 10.1 Å². The zero-order valence-electron chi connectivity index (χ0n) is 13.2. The fraction of sp³-hybridized carbons (Fsp3) is 0.118. The Bertz CT molecular complexity index is 861. The van der Waals surface area contributed by atoms with Gasteiger partial charge in [0.1, 0.15) is 0 Å². The molecule has 7 heteroatoms. The average molecular weight is 368 g/mol. The van der Waals surface area contributed by atoms with Crippen molar-refractivity contribution in [3.8, 4) is 0 Å². The topological polar surface area (TPSA) is 97.5 Å². The lowest BCUT2D eigenvalue weighted by Gasteiger charge is -2.01. The summed E-state index contributed by atoms with van der Waals surface area (Å²) in [5.74, 6) is -0.359. The van der Waals surface area contributed by atoms with Gasteiger partial charge in [-0.1, -0.05) is 47.5 Å². The number of rotatable bonds is 3. The van der Waals surface area contributed by atoms with E-state index in [1.165, 1.54) is 6.08 Å². The van der Waals surface area contributed by atoms with E-state index in [2.05, 4.69) is 0 Å². The number of amides is 1. The van der Waals surface area contributed by atoms with E-state index in [1.807, 2.05) is 26.0 Å². The first-order valence-corrected chi connectivity index (χ1v) is 8.75. The van der Waals surface area contributed by atoms with Crippen molar-refractivity contribution in [3.05, 3.63) is 75.1 Å². The number of hydrogen-bond donors (Lipinski definition) is 2. The third-order valence-electron chi connectivity index (χ3n) is 2.97.